The summed E-state index contributed by atoms with van der Waals surface area (Å²) >= 11 is 7.18. The van der Waals surface area contributed by atoms with Crippen LogP contribution in [-0.4, -0.2) is 19.1 Å². The van der Waals surface area contributed by atoms with E-state index in [1.54, 1.807) is 17.1 Å². The molecule has 0 saturated carbocycles. The molecule has 0 bridgehead atoms. The van der Waals surface area contributed by atoms with Gasteiger partial charge in [-0.3, -0.25) is 4.68 Å². The summed E-state index contributed by atoms with van der Waals surface area (Å²) in [6.45, 7) is 4.80. The largest absolute Gasteiger partial charge is 0.264 e. The van der Waals surface area contributed by atoms with Gasteiger partial charge in [0.1, 0.15) is 10.8 Å². The first-order chi connectivity index (χ1) is 7.15. The van der Waals surface area contributed by atoms with E-state index in [0.29, 0.717) is 17.5 Å². The predicted molar refractivity (Wildman–Crippen MR) is 60.3 cm³/mol. The lowest BCUT2D eigenvalue weighted by Crippen LogP contribution is -1.99. The zero-order chi connectivity index (χ0) is 10.8. The molecule has 0 saturated heterocycles. The minimum atomic E-state index is 0.371. The maximum absolute atomic E-state index is 5.77. The smallest absolute Gasteiger partial charge is 0.145 e. The normalized spacial score (nSPS) is 11.2. The van der Waals surface area contributed by atoms with Crippen LogP contribution < -0.4 is 0 Å². The Labute approximate surface area is 97.1 Å². The van der Waals surface area contributed by atoms with Gasteiger partial charge in [-0.25, -0.2) is 4.98 Å². The minimum absolute atomic E-state index is 0.371. The zero-order valence-electron chi connectivity index (χ0n) is 8.51. The molecule has 2 rings (SSSR count). The quantitative estimate of drug-likeness (QED) is 0.831. The van der Waals surface area contributed by atoms with E-state index in [2.05, 4.69) is 28.3 Å². The van der Waals surface area contributed by atoms with E-state index in [1.165, 1.54) is 11.5 Å². The second-order valence-electron chi connectivity index (χ2n) is 3.56. The van der Waals surface area contributed by atoms with Crippen molar-refractivity contribution in [3.63, 3.8) is 0 Å². The van der Waals surface area contributed by atoms with Crippen LogP contribution in [0.5, 0.6) is 0 Å². The van der Waals surface area contributed by atoms with Gasteiger partial charge in [-0.15, -0.1) is 0 Å². The van der Waals surface area contributed by atoms with E-state index < -0.39 is 0 Å². The van der Waals surface area contributed by atoms with Crippen LogP contribution in [0.15, 0.2) is 12.4 Å². The lowest BCUT2D eigenvalue weighted by atomic mass is 10.2. The van der Waals surface area contributed by atoms with Crippen LogP contribution in [0, 0.1) is 0 Å². The number of hydrogen-bond donors (Lipinski definition) is 0. The standard InChI is InChI=1S/C9H11ClN4S/c1-6(2)9-12-8(15-13-9)5-14-4-7(10)3-11-14/h3-4,6H,5H2,1-2H3. The molecule has 0 aromatic carbocycles. The molecule has 0 spiro atoms. The van der Waals surface area contributed by atoms with E-state index >= 15 is 0 Å². The van der Waals surface area contributed by atoms with Crippen molar-refractivity contribution in [3.05, 3.63) is 28.2 Å². The Hall–Kier alpha value is -0.940. The number of rotatable bonds is 3. The van der Waals surface area contributed by atoms with Crippen molar-refractivity contribution in [1.29, 1.82) is 0 Å². The fourth-order valence-electron chi connectivity index (χ4n) is 1.13. The Morgan fingerprint density at radius 2 is 2.33 bits per heavy atom. The molecule has 0 amide bonds. The van der Waals surface area contributed by atoms with Crippen molar-refractivity contribution < 1.29 is 0 Å². The van der Waals surface area contributed by atoms with E-state index in [0.717, 1.165) is 10.8 Å². The van der Waals surface area contributed by atoms with Crippen molar-refractivity contribution >= 4 is 23.1 Å². The molecule has 15 heavy (non-hydrogen) atoms. The van der Waals surface area contributed by atoms with Gasteiger partial charge in [-0.05, 0) is 11.5 Å². The third-order valence-electron chi connectivity index (χ3n) is 1.90. The van der Waals surface area contributed by atoms with Gasteiger partial charge in [0, 0.05) is 12.1 Å². The van der Waals surface area contributed by atoms with Crippen LogP contribution in [-0.2, 0) is 6.54 Å². The van der Waals surface area contributed by atoms with Crippen molar-refractivity contribution in [1.82, 2.24) is 19.1 Å². The van der Waals surface area contributed by atoms with Crippen LogP contribution in [0.2, 0.25) is 5.02 Å². The summed E-state index contributed by atoms with van der Waals surface area (Å²) < 4.78 is 6.03. The van der Waals surface area contributed by atoms with E-state index in [4.69, 9.17) is 11.6 Å². The van der Waals surface area contributed by atoms with Gasteiger partial charge in [-0.2, -0.15) is 9.47 Å². The summed E-state index contributed by atoms with van der Waals surface area (Å²) in [6, 6.07) is 0. The zero-order valence-corrected chi connectivity index (χ0v) is 10.1. The molecule has 80 valence electrons. The molecule has 0 radical (unpaired) electrons. The molecule has 2 heterocycles. The van der Waals surface area contributed by atoms with Gasteiger partial charge in [0.2, 0.25) is 0 Å². The molecular weight excluding hydrogens is 232 g/mol. The number of halogens is 1. The Bertz CT molecular complexity index is 448. The molecule has 0 aliphatic carbocycles. The highest BCUT2D eigenvalue weighted by Gasteiger charge is 2.08. The Morgan fingerprint density at radius 3 is 2.87 bits per heavy atom. The highest BCUT2D eigenvalue weighted by atomic mass is 35.5. The number of nitrogens with zero attached hydrogens (tertiary/aromatic N) is 4. The lowest BCUT2D eigenvalue weighted by molar-refractivity contribution is 0.677. The maximum atomic E-state index is 5.77. The third kappa shape index (κ3) is 2.54. The molecule has 0 aliphatic rings. The van der Waals surface area contributed by atoms with Gasteiger partial charge < -0.3 is 0 Å². The molecule has 0 fully saturated rings. The van der Waals surface area contributed by atoms with Crippen molar-refractivity contribution in [2.45, 2.75) is 26.3 Å². The Balaban J connectivity index is 2.11. The van der Waals surface area contributed by atoms with Gasteiger partial charge >= 0.3 is 0 Å². The molecule has 0 N–H and O–H groups in total. The molecule has 2 aromatic heterocycles. The minimum Gasteiger partial charge on any atom is -0.264 e. The number of aromatic nitrogens is 4. The Kier molecular flexibility index (Phi) is 3.02. The second-order valence-corrected chi connectivity index (χ2v) is 4.83. The topological polar surface area (TPSA) is 43.6 Å². The average molecular weight is 243 g/mol. The lowest BCUT2D eigenvalue weighted by Gasteiger charge is -1.96. The summed E-state index contributed by atoms with van der Waals surface area (Å²) in [5.74, 6) is 1.27. The summed E-state index contributed by atoms with van der Waals surface area (Å²) in [6.07, 6.45) is 3.39. The molecule has 0 atom stereocenters. The highest BCUT2D eigenvalue weighted by molar-refractivity contribution is 7.05. The average Bonchev–Trinajstić information content (AvgIpc) is 2.76. The maximum Gasteiger partial charge on any atom is 0.145 e. The third-order valence-corrected chi connectivity index (χ3v) is 2.80. The highest BCUT2D eigenvalue weighted by Crippen LogP contribution is 2.14. The SMILES string of the molecule is CC(C)c1nsc(Cn2cc(Cl)cn2)n1. The van der Waals surface area contributed by atoms with Crippen molar-refractivity contribution in [2.75, 3.05) is 0 Å². The first-order valence-corrected chi connectivity index (χ1v) is 5.80. The van der Waals surface area contributed by atoms with Crippen molar-refractivity contribution in [2.24, 2.45) is 0 Å². The molecule has 6 heteroatoms. The monoisotopic (exact) mass is 242 g/mol. The summed E-state index contributed by atoms with van der Waals surface area (Å²) in [7, 11) is 0. The van der Waals surface area contributed by atoms with E-state index in [1.807, 2.05) is 0 Å². The fourth-order valence-corrected chi connectivity index (χ4v) is 2.06. The van der Waals surface area contributed by atoms with Crippen molar-refractivity contribution in [3.8, 4) is 0 Å². The van der Waals surface area contributed by atoms with E-state index in [-0.39, 0.29) is 0 Å². The first kappa shape index (κ1) is 10.6. The van der Waals surface area contributed by atoms with Crippen LogP contribution >= 0.6 is 23.1 Å². The van der Waals surface area contributed by atoms with Gasteiger partial charge in [0.15, 0.2) is 0 Å². The van der Waals surface area contributed by atoms with Gasteiger partial charge in [0.25, 0.3) is 0 Å². The van der Waals surface area contributed by atoms with Crippen LogP contribution in [0.1, 0.15) is 30.6 Å². The molecule has 4 nitrogen and oxygen atoms in total. The summed E-state index contributed by atoms with van der Waals surface area (Å²) in [5.41, 5.74) is 0. The number of hydrogen-bond acceptors (Lipinski definition) is 4. The molecule has 0 aliphatic heterocycles. The van der Waals surface area contributed by atoms with Crippen LogP contribution in [0.25, 0.3) is 0 Å². The van der Waals surface area contributed by atoms with Gasteiger partial charge in [-0.1, -0.05) is 25.4 Å². The van der Waals surface area contributed by atoms with Crippen LogP contribution in [0.4, 0.5) is 0 Å². The predicted octanol–water partition coefficient (Wildman–Crippen LogP) is 2.56. The molecular formula is C9H11ClN4S. The molecule has 0 unspecified atom stereocenters. The fraction of sp³-hybridized carbons (Fsp3) is 0.444. The summed E-state index contributed by atoms with van der Waals surface area (Å²) in [5, 5.41) is 5.69. The second kappa shape index (κ2) is 4.28. The molecule has 2 aromatic rings. The first-order valence-electron chi connectivity index (χ1n) is 4.65. The van der Waals surface area contributed by atoms with Gasteiger partial charge in [0.05, 0.1) is 17.8 Å². The van der Waals surface area contributed by atoms with E-state index in [9.17, 15) is 0 Å². The summed E-state index contributed by atoms with van der Waals surface area (Å²) in [4.78, 5) is 4.42. The Morgan fingerprint density at radius 1 is 1.53 bits per heavy atom. The van der Waals surface area contributed by atoms with Crippen LogP contribution in [0.3, 0.4) is 0 Å².